The van der Waals surface area contributed by atoms with Crippen LogP contribution in [0.4, 0.5) is 5.69 Å². The Kier molecular flexibility index (Phi) is 8.51. The van der Waals surface area contributed by atoms with Crippen molar-refractivity contribution in [3.8, 4) is 5.69 Å². The minimum atomic E-state index is 0.382. The molecule has 0 bridgehead atoms. The molecule has 10 aromatic rings. The molecule has 250 valence electrons. The Morgan fingerprint density at radius 1 is 0.519 bits per heavy atom. The molecule has 7 aromatic carbocycles. The molecule has 0 unspecified atom stereocenters. The number of hydrogen-bond donors (Lipinski definition) is 3. The largest absolute Gasteiger partial charge is 0.340 e. The lowest BCUT2D eigenvalue weighted by Crippen LogP contribution is -2.11. The van der Waals surface area contributed by atoms with Gasteiger partial charge in [0.25, 0.3) is 0 Å². The fourth-order valence-electron chi connectivity index (χ4n) is 7.36. The lowest BCUT2D eigenvalue weighted by atomic mass is 10.1. The topological polar surface area (TPSA) is 69.1 Å². The minimum Gasteiger partial charge on any atom is -0.340 e. The van der Waals surface area contributed by atoms with Crippen LogP contribution < -0.4 is 5.32 Å². The Labute approximate surface area is 302 Å². The zero-order chi connectivity index (χ0) is 35.6. The lowest BCUT2D eigenvalue weighted by Gasteiger charge is -2.12. The van der Waals surface area contributed by atoms with Crippen molar-refractivity contribution in [3.63, 3.8) is 0 Å². The molecule has 0 radical (unpaired) electrons. The summed E-state index contributed by atoms with van der Waals surface area (Å²) in [6.45, 7) is 4.58. The van der Waals surface area contributed by atoms with Gasteiger partial charge in [-0.05, 0) is 67.6 Å². The van der Waals surface area contributed by atoms with E-state index < -0.39 is 0 Å². The Bertz CT molecular complexity index is 2870. The van der Waals surface area contributed by atoms with Gasteiger partial charge in [-0.1, -0.05) is 133 Å². The number of hydrogen-bond acceptors (Lipinski definition) is 2. The molecule has 0 saturated carbocycles. The summed E-state index contributed by atoms with van der Waals surface area (Å²) >= 11 is 0. The van der Waals surface area contributed by atoms with Crippen molar-refractivity contribution in [2.75, 3.05) is 5.32 Å². The Balaban J connectivity index is 0.000000383. The molecule has 10 rings (SSSR count). The number of nitrogens with zero attached hydrogens (tertiary/aromatic N) is 2. The normalized spacial score (nSPS) is 11.0. The van der Waals surface area contributed by atoms with Gasteiger partial charge in [-0.25, -0.2) is 0 Å². The maximum Gasteiger partial charge on any atom is 0.129 e. The SMILES string of the molecule is C=N.Cc1ccccc1.N=C(Nc1ccc(-n2c3ccccc3c3c2ccc2cc4c5ccccc5c5ccccc5n4c23)cc1)c1ccccc1. The molecule has 52 heavy (non-hydrogen) atoms. The van der Waals surface area contributed by atoms with Crippen molar-refractivity contribution < 1.29 is 0 Å². The van der Waals surface area contributed by atoms with E-state index in [1.807, 2.05) is 48.5 Å². The van der Waals surface area contributed by atoms with E-state index in [9.17, 15) is 0 Å². The zero-order valence-electron chi connectivity index (χ0n) is 28.8. The van der Waals surface area contributed by atoms with Gasteiger partial charge >= 0.3 is 0 Å². The average molecular weight is 672 g/mol. The highest BCUT2D eigenvalue weighted by molar-refractivity contribution is 6.24. The molecule has 0 spiro atoms. The van der Waals surface area contributed by atoms with Gasteiger partial charge in [0.2, 0.25) is 0 Å². The predicted molar refractivity (Wildman–Crippen MR) is 222 cm³/mol. The van der Waals surface area contributed by atoms with E-state index in [0.717, 1.165) is 16.9 Å². The molecule has 0 saturated heterocycles. The number of para-hydroxylation sites is 2. The Hall–Kier alpha value is -6.98. The molecule has 5 heteroatoms. The standard InChI is InChI=1S/C39H26N4.C7H8.CH3N/c40-39(25-10-2-1-3-11-25)41-27-19-21-28(22-20-27)42-34-17-9-7-15-32(34)37-35(42)23-18-26-24-36-31-14-5-4-12-29(31)30-13-6-8-16-33(30)43(36)38(26)37;1-7-5-3-2-4-6-7;1-2/h1-24H,(H2,40,41);2-6H,1H3;2H,1H2. The summed E-state index contributed by atoms with van der Waals surface area (Å²) in [5.41, 5.74) is 10.2. The number of aromatic nitrogens is 2. The van der Waals surface area contributed by atoms with Crippen molar-refractivity contribution in [1.82, 2.24) is 8.97 Å². The molecule has 0 amide bonds. The molecule has 0 aliphatic rings. The first-order valence-corrected chi connectivity index (χ1v) is 17.3. The lowest BCUT2D eigenvalue weighted by molar-refractivity contribution is 1.18. The number of anilines is 1. The van der Waals surface area contributed by atoms with Crippen LogP contribution in [0.3, 0.4) is 0 Å². The fraction of sp³-hybridized carbons (Fsp3) is 0.0213. The molecule has 3 aromatic heterocycles. The number of fused-ring (bicyclic) bond motifs is 12. The molecule has 0 aliphatic carbocycles. The second-order valence-electron chi connectivity index (χ2n) is 12.7. The van der Waals surface area contributed by atoms with Crippen LogP contribution in [0.2, 0.25) is 0 Å². The summed E-state index contributed by atoms with van der Waals surface area (Å²) in [6, 6.07) is 61.5. The summed E-state index contributed by atoms with van der Waals surface area (Å²) in [6.07, 6.45) is 0. The van der Waals surface area contributed by atoms with Crippen molar-refractivity contribution in [1.29, 1.82) is 10.8 Å². The summed E-state index contributed by atoms with van der Waals surface area (Å²) in [7, 11) is 0. The summed E-state index contributed by atoms with van der Waals surface area (Å²) in [5.74, 6) is 0.382. The molecule has 5 nitrogen and oxygen atoms in total. The summed E-state index contributed by atoms with van der Waals surface area (Å²) in [4.78, 5) is 0. The first-order chi connectivity index (χ1) is 25.7. The number of aryl methyl sites for hydroxylation is 1. The third kappa shape index (κ3) is 5.55. The van der Waals surface area contributed by atoms with Crippen molar-refractivity contribution in [2.45, 2.75) is 6.92 Å². The summed E-state index contributed by atoms with van der Waals surface area (Å²) < 4.78 is 4.83. The van der Waals surface area contributed by atoms with Gasteiger partial charge in [0.05, 0.1) is 27.6 Å². The van der Waals surface area contributed by atoms with Crippen molar-refractivity contribution >= 4 is 78.1 Å². The van der Waals surface area contributed by atoms with Gasteiger partial charge in [0, 0.05) is 43.9 Å². The van der Waals surface area contributed by atoms with Gasteiger partial charge in [-0.15, -0.1) is 0 Å². The van der Waals surface area contributed by atoms with Crippen LogP contribution >= 0.6 is 0 Å². The second-order valence-corrected chi connectivity index (χ2v) is 12.7. The molecule has 0 atom stereocenters. The Morgan fingerprint density at radius 2 is 1.08 bits per heavy atom. The highest BCUT2D eigenvalue weighted by Gasteiger charge is 2.19. The van der Waals surface area contributed by atoms with E-state index in [4.69, 9.17) is 10.8 Å². The quantitative estimate of drug-likeness (QED) is 0.0976. The molecular weight excluding hydrogens is 635 g/mol. The third-order valence-corrected chi connectivity index (χ3v) is 9.63. The van der Waals surface area contributed by atoms with Gasteiger partial charge in [0.15, 0.2) is 0 Å². The van der Waals surface area contributed by atoms with Gasteiger partial charge in [-0.2, -0.15) is 0 Å². The van der Waals surface area contributed by atoms with E-state index in [1.54, 1.807) is 0 Å². The van der Waals surface area contributed by atoms with Crippen LogP contribution in [0, 0.1) is 17.7 Å². The molecular formula is C47H37N5. The first-order valence-electron chi connectivity index (χ1n) is 17.3. The predicted octanol–water partition coefficient (Wildman–Crippen LogP) is 12.2. The highest BCUT2D eigenvalue weighted by atomic mass is 15.0. The van der Waals surface area contributed by atoms with Crippen LogP contribution in [0.25, 0.3) is 65.6 Å². The molecule has 3 N–H and O–H groups in total. The smallest absolute Gasteiger partial charge is 0.129 e. The summed E-state index contributed by atoms with van der Waals surface area (Å²) in [5, 5.41) is 24.8. The number of nitrogens with one attached hydrogen (secondary N) is 3. The average Bonchev–Trinajstić information content (AvgIpc) is 3.77. The highest BCUT2D eigenvalue weighted by Crippen LogP contribution is 2.41. The number of amidine groups is 1. The van der Waals surface area contributed by atoms with Crippen LogP contribution in [-0.4, -0.2) is 21.5 Å². The van der Waals surface area contributed by atoms with Crippen LogP contribution in [0.15, 0.2) is 176 Å². The minimum absolute atomic E-state index is 0.382. The first kappa shape index (κ1) is 32.2. The molecule has 0 aliphatic heterocycles. The van der Waals surface area contributed by atoms with Gasteiger partial charge in [0.1, 0.15) is 5.84 Å². The van der Waals surface area contributed by atoms with Crippen molar-refractivity contribution in [3.05, 3.63) is 187 Å². The van der Waals surface area contributed by atoms with Crippen LogP contribution in [-0.2, 0) is 0 Å². The van der Waals surface area contributed by atoms with E-state index in [-0.39, 0.29) is 0 Å². The fourth-order valence-corrected chi connectivity index (χ4v) is 7.36. The van der Waals surface area contributed by atoms with E-state index in [0.29, 0.717) is 5.84 Å². The number of benzene rings is 7. The Morgan fingerprint density at radius 3 is 1.73 bits per heavy atom. The number of rotatable bonds is 3. The number of pyridine rings is 1. The third-order valence-electron chi connectivity index (χ3n) is 9.63. The zero-order valence-corrected chi connectivity index (χ0v) is 28.8. The van der Waals surface area contributed by atoms with Crippen molar-refractivity contribution in [2.24, 2.45) is 0 Å². The maximum atomic E-state index is 8.49. The van der Waals surface area contributed by atoms with E-state index >= 15 is 0 Å². The maximum absolute atomic E-state index is 8.49. The van der Waals surface area contributed by atoms with E-state index in [1.165, 1.54) is 65.5 Å². The van der Waals surface area contributed by atoms with E-state index in [2.05, 4.69) is 155 Å². The van der Waals surface area contributed by atoms with Crippen LogP contribution in [0.1, 0.15) is 11.1 Å². The van der Waals surface area contributed by atoms with Gasteiger partial charge in [-0.3, -0.25) is 5.41 Å². The molecule has 0 fully saturated rings. The van der Waals surface area contributed by atoms with Crippen LogP contribution in [0.5, 0.6) is 0 Å². The monoisotopic (exact) mass is 671 g/mol. The van der Waals surface area contributed by atoms with Gasteiger partial charge < -0.3 is 19.7 Å². The second kappa shape index (κ2) is 13.7. The molecule has 3 heterocycles.